The maximum atomic E-state index is 5.89. The van der Waals surface area contributed by atoms with Gasteiger partial charge in [-0.25, -0.2) is 9.98 Å². The average Bonchev–Trinajstić information content (AvgIpc) is 3.04. The minimum absolute atomic E-state index is 0. The Kier molecular flexibility index (Phi) is 7.12. The van der Waals surface area contributed by atoms with Crippen LogP contribution in [-0.2, 0) is 11.3 Å². The van der Waals surface area contributed by atoms with Gasteiger partial charge in [0.2, 0.25) is 0 Å². The lowest BCUT2D eigenvalue weighted by Gasteiger charge is -2.54. The van der Waals surface area contributed by atoms with Crippen LogP contribution in [0.4, 0.5) is 5.82 Å². The van der Waals surface area contributed by atoms with Gasteiger partial charge in [-0.1, -0.05) is 19.9 Å². The summed E-state index contributed by atoms with van der Waals surface area (Å²) < 4.78 is 5.89. The highest BCUT2D eigenvalue weighted by Gasteiger charge is 2.59. The first-order valence-corrected chi connectivity index (χ1v) is 9.23. The van der Waals surface area contributed by atoms with Crippen molar-refractivity contribution in [2.45, 2.75) is 45.9 Å². The van der Waals surface area contributed by atoms with Crippen LogP contribution in [0.15, 0.2) is 23.2 Å². The number of anilines is 1. The highest BCUT2D eigenvalue weighted by molar-refractivity contribution is 14.0. The molecule has 6 nitrogen and oxygen atoms in total. The first-order chi connectivity index (χ1) is 11.9. The monoisotopic (exact) mass is 473 g/mol. The second-order valence-corrected chi connectivity index (χ2v) is 7.76. The fourth-order valence-electron chi connectivity index (χ4n) is 4.05. The largest absolute Gasteiger partial charge is 0.377 e. The topological polar surface area (TPSA) is 61.8 Å². The van der Waals surface area contributed by atoms with E-state index in [4.69, 9.17) is 9.73 Å². The molecule has 1 aromatic heterocycles. The lowest BCUT2D eigenvalue weighted by atomic mass is 9.57. The molecule has 1 aromatic rings. The van der Waals surface area contributed by atoms with Gasteiger partial charge in [-0.15, -0.1) is 24.0 Å². The molecule has 0 radical (unpaired) electrons. The van der Waals surface area contributed by atoms with Gasteiger partial charge in [0.1, 0.15) is 5.82 Å². The van der Waals surface area contributed by atoms with Crippen LogP contribution in [0.1, 0.15) is 32.9 Å². The predicted octanol–water partition coefficient (Wildman–Crippen LogP) is 2.63. The summed E-state index contributed by atoms with van der Waals surface area (Å²) in [6.07, 6.45) is 1.52. The van der Waals surface area contributed by atoms with E-state index in [0.717, 1.165) is 37.0 Å². The first kappa shape index (κ1) is 21.2. The highest BCUT2D eigenvalue weighted by Crippen LogP contribution is 2.52. The second kappa shape index (κ2) is 8.73. The van der Waals surface area contributed by atoms with Crippen LogP contribution >= 0.6 is 24.0 Å². The third-order valence-electron chi connectivity index (χ3n) is 5.39. The first-order valence-electron chi connectivity index (χ1n) is 9.23. The molecule has 1 aliphatic heterocycles. The van der Waals surface area contributed by atoms with Crippen LogP contribution in [0.2, 0.25) is 0 Å². The number of fused-ring (bicyclic) bond motifs is 1. The Bertz CT molecular complexity index is 634. The average molecular weight is 473 g/mol. The quantitative estimate of drug-likeness (QED) is 0.391. The Morgan fingerprint density at radius 2 is 2.15 bits per heavy atom. The predicted molar refractivity (Wildman–Crippen MR) is 117 cm³/mol. The summed E-state index contributed by atoms with van der Waals surface area (Å²) in [5.41, 5.74) is 1.11. The van der Waals surface area contributed by atoms with E-state index in [2.05, 4.69) is 36.4 Å². The smallest absolute Gasteiger partial charge is 0.191 e. The van der Waals surface area contributed by atoms with Crippen molar-refractivity contribution >= 4 is 35.8 Å². The molecule has 2 heterocycles. The van der Waals surface area contributed by atoms with Crippen molar-refractivity contribution in [1.29, 1.82) is 0 Å². The Balaban J connectivity index is 0.00000243. The number of hydrogen-bond donors (Lipinski definition) is 2. The molecular weight excluding hydrogens is 441 g/mol. The zero-order chi connectivity index (χ0) is 18.0. The Morgan fingerprint density at radius 3 is 2.85 bits per heavy atom. The van der Waals surface area contributed by atoms with Crippen LogP contribution < -0.4 is 15.5 Å². The molecule has 3 rings (SSSR count). The van der Waals surface area contributed by atoms with Crippen molar-refractivity contribution in [1.82, 2.24) is 15.6 Å². The van der Waals surface area contributed by atoms with E-state index in [1.165, 1.54) is 0 Å². The van der Waals surface area contributed by atoms with Gasteiger partial charge in [0, 0.05) is 44.6 Å². The summed E-state index contributed by atoms with van der Waals surface area (Å²) in [4.78, 5) is 11.4. The molecule has 0 bridgehead atoms. The number of halogens is 1. The fraction of sp³-hybridized carbons (Fsp3) is 0.684. The standard InChI is InChI=1S/C19H31N5O.HI/c1-6-20-18(21-12-13-8-7-9-15(22-13)24(4)5)23-16-14-10-11-25-17(14)19(16,2)3;/h7-9,14,16-17H,6,10-12H2,1-5H3,(H2,20,21,23);1H. The number of pyridine rings is 1. The van der Waals surface area contributed by atoms with Gasteiger partial charge in [0.05, 0.1) is 18.3 Å². The van der Waals surface area contributed by atoms with E-state index in [1.54, 1.807) is 0 Å². The number of nitrogens with one attached hydrogen (secondary N) is 2. The van der Waals surface area contributed by atoms with E-state index >= 15 is 0 Å². The molecule has 2 N–H and O–H groups in total. The highest BCUT2D eigenvalue weighted by atomic mass is 127. The Labute approximate surface area is 174 Å². The molecule has 7 heteroatoms. The number of rotatable bonds is 5. The normalized spacial score (nSPS) is 26.3. The zero-order valence-corrected chi connectivity index (χ0v) is 18.8. The molecule has 3 atom stereocenters. The fourth-order valence-corrected chi connectivity index (χ4v) is 4.05. The zero-order valence-electron chi connectivity index (χ0n) is 16.5. The molecule has 26 heavy (non-hydrogen) atoms. The van der Waals surface area contributed by atoms with Crippen molar-refractivity contribution in [3.8, 4) is 0 Å². The van der Waals surface area contributed by atoms with Crippen LogP contribution in [0.25, 0.3) is 0 Å². The molecule has 0 aromatic carbocycles. The number of nitrogens with zero attached hydrogens (tertiary/aromatic N) is 3. The van der Waals surface area contributed by atoms with E-state index in [9.17, 15) is 0 Å². The summed E-state index contributed by atoms with van der Waals surface area (Å²) >= 11 is 0. The summed E-state index contributed by atoms with van der Waals surface area (Å²) in [6, 6.07) is 6.46. The second-order valence-electron chi connectivity index (χ2n) is 7.76. The van der Waals surface area contributed by atoms with Crippen molar-refractivity contribution in [2.24, 2.45) is 16.3 Å². The van der Waals surface area contributed by atoms with Gasteiger partial charge in [-0.05, 0) is 25.5 Å². The SMILES string of the molecule is CCNC(=NCc1cccc(N(C)C)n1)NC1C2CCOC2C1(C)C.I. The summed E-state index contributed by atoms with van der Waals surface area (Å²) in [5, 5.41) is 7.01. The lowest BCUT2D eigenvalue weighted by Crippen LogP contribution is -2.67. The maximum absolute atomic E-state index is 5.89. The van der Waals surface area contributed by atoms with Gasteiger partial charge in [0.15, 0.2) is 5.96 Å². The maximum Gasteiger partial charge on any atom is 0.191 e. The molecule has 0 spiro atoms. The summed E-state index contributed by atoms with van der Waals surface area (Å²) in [5.74, 6) is 2.41. The van der Waals surface area contributed by atoms with Crippen LogP contribution in [0.5, 0.6) is 0 Å². The van der Waals surface area contributed by atoms with Crippen LogP contribution in [0, 0.1) is 11.3 Å². The number of guanidine groups is 1. The van der Waals surface area contributed by atoms with E-state index in [-0.39, 0.29) is 29.4 Å². The number of aliphatic imine (C=N–C) groups is 1. The molecule has 2 fully saturated rings. The minimum atomic E-state index is 0. The number of ether oxygens (including phenoxy) is 1. The van der Waals surface area contributed by atoms with Gasteiger partial charge < -0.3 is 20.3 Å². The molecule has 1 saturated heterocycles. The van der Waals surface area contributed by atoms with Gasteiger partial charge in [0.25, 0.3) is 0 Å². The van der Waals surface area contributed by atoms with Crippen molar-refractivity contribution in [3.63, 3.8) is 0 Å². The van der Waals surface area contributed by atoms with Gasteiger partial charge >= 0.3 is 0 Å². The van der Waals surface area contributed by atoms with E-state index in [0.29, 0.717) is 24.6 Å². The summed E-state index contributed by atoms with van der Waals surface area (Å²) in [7, 11) is 4.00. The molecule has 146 valence electrons. The molecular formula is C19H32IN5O. The summed E-state index contributed by atoms with van der Waals surface area (Å²) in [6.45, 7) is 8.94. The third kappa shape index (κ3) is 4.24. The minimum Gasteiger partial charge on any atom is -0.377 e. The van der Waals surface area contributed by atoms with Crippen LogP contribution in [0.3, 0.4) is 0 Å². The van der Waals surface area contributed by atoms with Gasteiger partial charge in [-0.3, -0.25) is 0 Å². The lowest BCUT2D eigenvalue weighted by molar-refractivity contribution is -0.106. The van der Waals surface area contributed by atoms with Crippen molar-refractivity contribution < 1.29 is 4.74 Å². The Hall–Kier alpha value is -1.09. The molecule has 0 amide bonds. The van der Waals surface area contributed by atoms with E-state index in [1.807, 2.05) is 37.2 Å². The number of hydrogen-bond acceptors (Lipinski definition) is 4. The molecule has 1 saturated carbocycles. The third-order valence-corrected chi connectivity index (χ3v) is 5.39. The van der Waals surface area contributed by atoms with Crippen LogP contribution in [-0.4, -0.2) is 50.3 Å². The Morgan fingerprint density at radius 1 is 1.38 bits per heavy atom. The number of aromatic nitrogens is 1. The molecule has 1 aliphatic carbocycles. The van der Waals surface area contributed by atoms with E-state index < -0.39 is 0 Å². The molecule has 2 aliphatic rings. The van der Waals surface area contributed by atoms with Crippen molar-refractivity contribution in [2.75, 3.05) is 32.1 Å². The van der Waals surface area contributed by atoms with Crippen molar-refractivity contribution in [3.05, 3.63) is 23.9 Å². The molecule has 3 unspecified atom stereocenters. The van der Waals surface area contributed by atoms with Gasteiger partial charge in [-0.2, -0.15) is 0 Å².